The van der Waals surface area contributed by atoms with Crippen LogP contribution in [0, 0.1) is 5.92 Å². The highest BCUT2D eigenvalue weighted by molar-refractivity contribution is 7.81. The first-order valence-corrected chi connectivity index (χ1v) is 6.34. The number of likely N-dealkylation sites (tertiary alicyclic amines) is 1. The first-order chi connectivity index (χ1) is 7.61. The maximum absolute atomic E-state index is 12.2. The second-order valence-corrected chi connectivity index (χ2v) is 5.30. The maximum Gasteiger partial charge on any atom is 0.326 e. The van der Waals surface area contributed by atoms with Crippen LogP contribution in [0.5, 0.6) is 0 Å². The maximum atomic E-state index is 12.2. The molecule has 0 aromatic heterocycles. The van der Waals surface area contributed by atoms with Crippen LogP contribution >= 0.6 is 12.6 Å². The van der Waals surface area contributed by atoms with Gasteiger partial charge in [-0.25, -0.2) is 4.79 Å². The fraction of sp³-hybridized carbons (Fsp3) is 0.818. The number of carboxylic acid groups (broad SMARTS) is 1. The van der Waals surface area contributed by atoms with Crippen molar-refractivity contribution >= 4 is 24.5 Å². The van der Waals surface area contributed by atoms with E-state index in [9.17, 15) is 9.59 Å². The van der Waals surface area contributed by atoms with E-state index in [0.717, 1.165) is 25.7 Å². The van der Waals surface area contributed by atoms with Gasteiger partial charge >= 0.3 is 5.97 Å². The Labute approximate surface area is 100 Å². The molecule has 0 spiro atoms. The Kier molecular flexibility index (Phi) is 3.42. The first kappa shape index (κ1) is 11.8. The molecular weight excluding hydrogens is 226 g/mol. The lowest BCUT2D eigenvalue weighted by molar-refractivity contribution is -0.149. The number of thiol groups is 1. The number of hydrogen-bond donors (Lipinski definition) is 2. The molecule has 90 valence electrons. The van der Waals surface area contributed by atoms with E-state index in [1.54, 1.807) is 4.90 Å². The predicted molar refractivity (Wildman–Crippen MR) is 62.5 cm³/mol. The molecule has 1 N–H and O–H groups in total. The Morgan fingerprint density at radius 1 is 1.19 bits per heavy atom. The van der Waals surface area contributed by atoms with E-state index in [-0.39, 0.29) is 17.1 Å². The van der Waals surface area contributed by atoms with Crippen molar-refractivity contribution in [3.8, 4) is 0 Å². The standard InChI is InChI=1S/C11H17NO3S/c13-10(7-3-1-5-9(7)16)12-6-2-4-8(12)11(14)15/h7-9,16H,1-6H2,(H,14,15)/t7-,8-,9+/m0/s1. The van der Waals surface area contributed by atoms with Crippen molar-refractivity contribution < 1.29 is 14.7 Å². The molecule has 5 heteroatoms. The summed E-state index contributed by atoms with van der Waals surface area (Å²) in [5.74, 6) is -0.940. The molecule has 1 aliphatic carbocycles. The van der Waals surface area contributed by atoms with Gasteiger partial charge in [0.2, 0.25) is 5.91 Å². The summed E-state index contributed by atoms with van der Waals surface area (Å²) < 4.78 is 0. The predicted octanol–water partition coefficient (Wildman–Crippen LogP) is 1.16. The second kappa shape index (κ2) is 4.65. The fourth-order valence-electron chi connectivity index (χ4n) is 2.73. The summed E-state index contributed by atoms with van der Waals surface area (Å²) in [6.45, 7) is 0.590. The van der Waals surface area contributed by atoms with Crippen LogP contribution in [-0.2, 0) is 9.59 Å². The molecule has 0 bridgehead atoms. The van der Waals surface area contributed by atoms with Gasteiger partial charge in [-0.3, -0.25) is 4.79 Å². The lowest BCUT2D eigenvalue weighted by Crippen LogP contribution is -2.44. The van der Waals surface area contributed by atoms with Crippen molar-refractivity contribution in [1.82, 2.24) is 4.90 Å². The van der Waals surface area contributed by atoms with Crippen LogP contribution in [0.15, 0.2) is 0 Å². The molecule has 0 aromatic carbocycles. The lowest BCUT2D eigenvalue weighted by Gasteiger charge is -2.26. The van der Waals surface area contributed by atoms with Gasteiger partial charge in [-0.15, -0.1) is 0 Å². The number of nitrogens with zero attached hydrogens (tertiary/aromatic N) is 1. The van der Waals surface area contributed by atoms with Crippen molar-refractivity contribution in [2.75, 3.05) is 6.54 Å². The molecule has 1 heterocycles. The van der Waals surface area contributed by atoms with Gasteiger partial charge in [0.15, 0.2) is 0 Å². The third-order valence-corrected chi connectivity index (χ3v) is 4.24. The van der Waals surface area contributed by atoms with E-state index in [1.807, 2.05) is 0 Å². The van der Waals surface area contributed by atoms with Crippen molar-refractivity contribution in [2.24, 2.45) is 5.92 Å². The summed E-state index contributed by atoms with van der Waals surface area (Å²) in [5.41, 5.74) is 0. The summed E-state index contributed by atoms with van der Waals surface area (Å²) in [7, 11) is 0. The molecule has 1 saturated heterocycles. The number of hydrogen-bond acceptors (Lipinski definition) is 3. The van der Waals surface area contributed by atoms with Gasteiger partial charge in [-0.05, 0) is 25.7 Å². The van der Waals surface area contributed by atoms with Gasteiger partial charge in [-0.2, -0.15) is 12.6 Å². The largest absolute Gasteiger partial charge is 0.480 e. The first-order valence-electron chi connectivity index (χ1n) is 5.82. The highest BCUT2D eigenvalue weighted by Crippen LogP contribution is 2.33. The Morgan fingerprint density at radius 2 is 1.94 bits per heavy atom. The van der Waals surface area contributed by atoms with E-state index < -0.39 is 12.0 Å². The van der Waals surface area contributed by atoms with E-state index in [2.05, 4.69) is 12.6 Å². The van der Waals surface area contributed by atoms with Crippen molar-refractivity contribution in [3.63, 3.8) is 0 Å². The van der Waals surface area contributed by atoms with Crippen molar-refractivity contribution in [2.45, 2.75) is 43.4 Å². The summed E-state index contributed by atoms with van der Waals surface area (Å²) in [6.07, 6.45) is 4.23. The number of aliphatic carboxylic acids is 1. The van der Waals surface area contributed by atoms with Crippen LogP contribution in [0.3, 0.4) is 0 Å². The SMILES string of the molecule is O=C(O)[C@@H]1CCCN1C(=O)[C@H]1CCC[C@H]1S. The van der Waals surface area contributed by atoms with Crippen LogP contribution in [0.2, 0.25) is 0 Å². The molecule has 2 rings (SSSR count). The molecule has 16 heavy (non-hydrogen) atoms. The Bertz CT molecular complexity index is 308. The fourth-order valence-corrected chi connectivity index (χ4v) is 3.19. The molecule has 0 unspecified atom stereocenters. The van der Waals surface area contributed by atoms with Crippen LogP contribution < -0.4 is 0 Å². The van der Waals surface area contributed by atoms with Crippen LogP contribution in [0.25, 0.3) is 0 Å². The van der Waals surface area contributed by atoms with Crippen molar-refractivity contribution in [3.05, 3.63) is 0 Å². The van der Waals surface area contributed by atoms with E-state index >= 15 is 0 Å². The van der Waals surface area contributed by atoms with Gasteiger partial charge in [0.1, 0.15) is 6.04 Å². The Morgan fingerprint density at radius 3 is 2.50 bits per heavy atom. The zero-order valence-electron chi connectivity index (χ0n) is 9.13. The van der Waals surface area contributed by atoms with Gasteiger partial charge in [0, 0.05) is 17.7 Å². The molecule has 0 aromatic rings. The molecule has 2 fully saturated rings. The average Bonchev–Trinajstić information content (AvgIpc) is 2.84. The molecule has 2 aliphatic rings. The van der Waals surface area contributed by atoms with Gasteiger partial charge < -0.3 is 10.0 Å². The second-order valence-electron chi connectivity index (χ2n) is 4.63. The molecular formula is C11H17NO3S. The summed E-state index contributed by atoms with van der Waals surface area (Å²) in [4.78, 5) is 24.7. The monoisotopic (exact) mass is 243 g/mol. The van der Waals surface area contributed by atoms with E-state index in [4.69, 9.17) is 5.11 Å². The number of amides is 1. The minimum absolute atomic E-state index is 0.00222. The third-order valence-electron chi connectivity index (χ3n) is 3.62. The smallest absolute Gasteiger partial charge is 0.326 e. The molecule has 1 amide bonds. The van der Waals surface area contributed by atoms with E-state index in [0.29, 0.717) is 13.0 Å². The lowest BCUT2D eigenvalue weighted by atomic mass is 10.1. The minimum atomic E-state index is -0.875. The zero-order valence-corrected chi connectivity index (χ0v) is 10.0. The van der Waals surface area contributed by atoms with Crippen LogP contribution in [-0.4, -0.2) is 39.7 Å². The molecule has 1 saturated carbocycles. The van der Waals surface area contributed by atoms with Crippen LogP contribution in [0.4, 0.5) is 0 Å². The molecule has 1 aliphatic heterocycles. The van der Waals surface area contributed by atoms with E-state index in [1.165, 1.54) is 0 Å². The number of rotatable bonds is 2. The summed E-state index contributed by atoms with van der Waals surface area (Å²) in [6, 6.07) is -0.603. The number of carbonyl (C=O) groups excluding carboxylic acids is 1. The molecule has 3 atom stereocenters. The van der Waals surface area contributed by atoms with Gasteiger partial charge in [0.25, 0.3) is 0 Å². The highest BCUT2D eigenvalue weighted by atomic mass is 32.1. The average molecular weight is 243 g/mol. The zero-order chi connectivity index (χ0) is 11.7. The van der Waals surface area contributed by atoms with Crippen molar-refractivity contribution in [1.29, 1.82) is 0 Å². The normalized spacial score (nSPS) is 34.3. The third kappa shape index (κ3) is 2.05. The Hall–Kier alpha value is -0.710. The summed E-state index contributed by atoms with van der Waals surface area (Å²) in [5, 5.41) is 9.14. The summed E-state index contributed by atoms with van der Waals surface area (Å²) >= 11 is 4.41. The molecule has 4 nitrogen and oxygen atoms in total. The van der Waals surface area contributed by atoms with Gasteiger partial charge in [0.05, 0.1) is 0 Å². The van der Waals surface area contributed by atoms with Crippen LogP contribution in [0.1, 0.15) is 32.1 Å². The molecule has 0 radical (unpaired) electrons. The van der Waals surface area contributed by atoms with Gasteiger partial charge in [-0.1, -0.05) is 6.42 Å². The highest BCUT2D eigenvalue weighted by Gasteiger charge is 2.40. The quantitative estimate of drug-likeness (QED) is 0.716. The minimum Gasteiger partial charge on any atom is -0.480 e. The number of carbonyl (C=O) groups is 2. The topological polar surface area (TPSA) is 57.6 Å². The Balaban J connectivity index is 2.06. The number of carboxylic acids is 1.